The average molecular weight is 359 g/mol. The first kappa shape index (κ1) is 17.0. The molecule has 0 atom stereocenters. The van der Waals surface area contributed by atoms with Gasteiger partial charge in [0.15, 0.2) is 0 Å². The molecule has 0 fully saturated rings. The molecule has 1 heterocycles. The van der Waals surface area contributed by atoms with E-state index in [-0.39, 0.29) is 5.02 Å². The number of nitrogens with zero attached hydrogens (tertiary/aromatic N) is 2. The summed E-state index contributed by atoms with van der Waals surface area (Å²) in [5, 5.41) is 9.46. The van der Waals surface area contributed by atoms with Crippen molar-refractivity contribution >= 4 is 23.3 Å². The summed E-state index contributed by atoms with van der Waals surface area (Å²) in [4.78, 5) is 11.9. The number of hydrogen-bond donors (Lipinski definition) is 2. The number of urea groups is 1. The molecular formula is C18H16ClFN4O. The summed E-state index contributed by atoms with van der Waals surface area (Å²) in [6.45, 7) is 1.06. The molecule has 2 aromatic carbocycles. The number of anilines is 1. The van der Waals surface area contributed by atoms with Crippen LogP contribution in [0.5, 0.6) is 0 Å². The fourth-order valence-corrected chi connectivity index (χ4v) is 2.39. The van der Waals surface area contributed by atoms with Crippen molar-refractivity contribution < 1.29 is 9.18 Å². The number of carbonyl (C=O) groups is 1. The van der Waals surface area contributed by atoms with Gasteiger partial charge in [-0.15, -0.1) is 0 Å². The summed E-state index contributed by atoms with van der Waals surface area (Å²) < 4.78 is 15.2. The first-order chi connectivity index (χ1) is 12.1. The number of rotatable bonds is 5. The Kier molecular flexibility index (Phi) is 5.30. The SMILES string of the molecule is O=C(NCc1ccc(Cn2cccn2)cc1)Nc1ccc(Cl)c(F)c1. The number of halogens is 2. The number of hydrogen-bond acceptors (Lipinski definition) is 2. The van der Waals surface area contributed by atoms with Crippen LogP contribution in [0, 0.1) is 5.82 Å². The van der Waals surface area contributed by atoms with Crippen LogP contribution in [-0.4, -0.2) is 15.8 Å². The zero-order chi connectivity index (χ0) is 17.6. The van der Waals surface area contributed by atoms with Crippen LogP contribution < -0.4 is 10.6 Å². The Labute approximate surface area is 149 Å². The number of aromatic nitrogens is 2. The number of amides is 2. The third-order valence-electron chi connectivity index (χ3n) is 3.56. The summed E-state index contributed by atoms with van der Waals surface area (Å²) >= 11 is 5.61. The first-order valence-corrected chi connectivity index (χ1v) is 8.03. The maximum Gasteiger partial charge on any atom is 0.319 e. The van der Waals surface area contributed by atoms with E-state index >= 15 is 0 Å². The Bertz CT molecular complexity index is 850. The molecule has 128 valence electrons. The molecule has 0 aliphatic heterocycles. The van der Waals surface area contributed by atoms with Crippen molar-refractivity contribution in [1.82, 2.24) is 15.1 Å². The number of nitrogens with one attached hydrogen (secondary N) is 2. The molecule has 0 aliphatic carbocycles. The molecule has 1 aromatic heterocycles. The van der Waals surface area contributed by atoms with Gasteiger partial charge in [-0.25, -0.2) is 9.18 Å². The van der Waals surface area contributed by atoms with Crippen molar-refractivity contribution in [3.05, 3.63) is 82.9 Å². The van der Waals surface area contributed by atoms with Crippen molar-refractivity contribution in [3.63, 3.8) is 0 Å². The van der Waals surface area contributed by atoms with Crippen LogP contribution in [0.15, 0.2) is 60.9 Å². The molecule has 25 heavy (non-hydrogen) atoms. The molecule has 7 heteroatoms. The minimum Gasteiger partial charge on any atom is -0.334 e. The normalized spacial score (nSPS) is 10.5. The van der Waals surface area contributed by atoms with Crippen molar-refractivity contribution in [3.8, 4) is 0 Å². The van der Waals surface area contributed by atoms with E-state index in [0.717, 1.165) is 11.1 Å². The van der Waals surface area contributed by atoms with Crippen LogP contribution in [0.1, 0.15) is 11.1 Å². The molecule has 5 nitrogen and oxygen atoms in total. The van der Waals surface area contributed by atoms with E-state index in [1.165, 1.54) is 18.2 Å². The lowest BCUT2D eigenvalue weighted by Crippen LogP contribution is -2.28. The van der Waals surface area contributed by atoms with Gasteiger partial charge in [-0.2, -0.15) is 5.10 Å². The van der Waals surface area contributed by atoms with E-state index in [2.05, 4.69) is 15.7 Å². The monoisotopic (exact) mass is 358 g/mol. The maximum atomic E-state index is 13.3. The summed E-state index contributed by atoms with van der Waals surface area (Å²) in [6.07, 6.45) is 3.64. The number of benzene rings is 2. The Hall–Kier alpha value is -2.86. The molecule has 0 unspecified atom stereocenters. The Morgan fingerprint density at radius 1 is 1.16 bits per heavy atom. The Morgan fingerprint density at radius 3 is 2.60 bits per heavy atom. The predicted octanol–water partition coefficient (Wildman–Crippen LogP) is 4.05. The fourth-order valence-electron chi connectivity index (χ4n) is 2.28. The molecule has 2 amide bonds. The Balaban J connectivity index is 1.50. The van der Waals surface area contributed by atoms with Crippen molar-refractivity contribution in [2.75, 3.05) is 5.32 Å². The average Bonchev–Trinajstić information content (AvgIpc) is 3.11. The minimum absolute atomic E-state index is 0.0150. The van der Waals surface area contributed by atoms with Gasteiger partial charge < -0.3 is 10.6 Å². The van der Waals surface area contributed by atoms with Crippen LogP contribution in [0.25, 0.3) is 0 Å². The zero-order valence-corrected chi connectivity index (χ0v) is 14.0. The summed E-state index contributed by atoms with van der Waals surface area (Å²) in [7, 11) is 0. The highest BCUT2D eigenvalue weighted by molar-refractivity contribution is 6.30. The van der Waals surface area contributed by atoms with Gasteiger partial charge in [0.1, 0.15) is 5.82 Å². The van der Waals surface area contributed by atoms with E-state index < -0.39 is 11.8 Å². The van der Waals surface area contributed by atoms with Gasteiger partial charge >= 0.3 is 6.03 Å². The molecule has 0 radical (unpaired) electrons. The maximum absolute atomic E-state index is 13.3. The van der Waals surface area contributed by atoms with Crippen LogP contribution in [0.3, 0.4) is 0 Å². The molecule has 3 aromatic rings. The van der Waals surface area contributed by atoms with Crippen LogP contribution in [0.2, 0.25) is 5.02 Å². The largest absolute Gasteiger partial charge is 0.334 e. The lowest BCUT2D eigenvalue weighted by Gasteiger charge is -2.09. The topological polar surface area (TPSA) is 59.0 Å². The standard InChI is InChI=1S/C18H16ClFN4O/c19-16-7-6-15(10-17(16)20)23-18(25)21-11-13-2-4-14(5-3-13)12-24-9-1-8-22-24/h1-10H,11-12H2,(H2,21,23,25). The van der Waals surface area contributed by atoms with E-state index in [4.69, 9.17) is 11.6 Å². The highest BCUT2D eigenvalue weighted by atomic mass is 35.5. The molecule has 0 bridgehead atoms. The first-order valence-electron chi connectivity index (χ1n) is 7.65. The van der Waals surface area contributed by atoms with E-state index in [0.29, 0.717) is 18.8 Å². The summed E-state index contributed by atoms with van der Waals surface area (Å²) in [5.41, 5.74) is 2.42. The van der Waals surface area contributed by atoms with Crippen molar-refractivity contribution in [1.29, 1.82) is 0 Å². The predicted molar refractivity (Wildman–Crippen MR) is 95.0 cm³/mol. The van der Waals surface area contributed by atoms with Crippen molar-refractivity contribution in [2.24, 2.45) is 0 Å². The van der Waals surface area contributed by atoms with E-state index in [9.17, 15) is 9.18 Å². The minimum atomic E-state index is -0.577. The second-order valence-electron chi connectivity index (χ2n) is 5.46. The molecule has 0 spiro atoms. The van der Waals surface area contributed by atoms with Gasteiger partial charge in [-0.1, -0.05) is 35.9 Å². The second kappa shape index (κ2) is 7.81. The number of carbonyl (C=O) groups excluding carboxylic acids is 1. The van der Waals surface area contributed by atoms with Gasteiger partial charge in [0, 0.05) is 24.6 Å². The molecular weight excluding hydrogens is 343 g/mol. The molecule has 2 N–H and O–H groups in total. The van der Waals surface area contributed by atoms with Crippen molar-refractivity contribution in [2.45, 2.75) is 13.1 Å². The lowest BCUT2D eigenvalue weighted by atomic mass is 10.1. The summed E-state index contributed by atoms with van der Waals surface area (Å²) in [6, 6.07) is 13.4. The van der Waals surface area contributed by atoms with Gasteiger partial charge in [-0.05, 0) is 35.4 Å². The quantitative estimate of drug-likeness (QED) is 0.723. The fraction of sp³-hybridized carbons (Fsp3) is 0.111. The van der Waals surface area contributed by atoms with Gasteiger partial charge in [0.25, 0.3) is 0 Å². The molecule has 0 saturated carbocycles. The van der Waals surface area contributed by atoms with E-state index in [1.807, 2.05) is 41.2 Å². The second-order valence-corrected chi connectivity index (χ2v) is 5.86. The van der Waals surface area contributed by atoms with E-state index in [1.54, 1.807) is 6.20 Å². The molecule has 3 rings (SSSR count). The zero-order valence-electron chi connectivity index (χ0n) is 13.2. The smallest absolute Gasteiger partial charge is 0.319 e. The highest BCUT2D eigenvalue weighted by Gasteiger charge is 2.05. The lowest BCUT2D eigenvalue weighted by molar-refractivity contribution is 0.251. The van der Waals surface area contributed by atoms with Crippen LogP contribution in [0.4, 0.5) is 14.9 Å². The highest BCUT2D eigenvalue weighted by Crippen LogP contribution is 2.18. The molecule has 0 aliphatic rings. The van der Waals surface area contributed by atoms with Crippen LogP contribution >= 0.6 is 11.6 Å². The van der Waals surface area contributed by atoms with Crippen LogP contribution in [-0.2, 0) is 13.1 Å². The molecule has 0 saturated heterocycles. The summed E-state index contributed by atoms with van der Waals surface area (Å²) in [5.74, 6) is -0.577. The van der Waals surface area contributed by atoms with Gasteiger partial charge in [0.2, 0.25) is 0 Å². The van der Waals surface area contributed by atoms with Gasteiger partial charge in [0.05, 0.1) is 11.6 Å². The third kappa shape index (κ3) is 4.81. The van der Waals surface area contributed by atoms with Gasteiger partial charge in [-0.3, -0.25) is 4.68 Å². The Morgan fingerprint density at radius 2 is 1.92 bits per heavy atom. The third-order valence-corrected chi connectivity index (χ3v) is 3.86.